The van der Waals surface area contributed by atoms with Crippen LogP contribution in [0.3, 0.4) is 0 Å². The van der Waals surface area contributed by atoms with E-state index in [0.29, 0.717) is 21.7 Å². The van der Waals surface area contributed by atoms with E-state index in [4.69, 9.17) is 9.47 Å². The van der Waals surface area contributed by atoms with Crippen LogP contribution in [0.2, 0.25) is 0 Å². The quantitative estimate of drug-likeness (QED) is 0.592. The lowest BCUT2D eigenvalue weighted by atomic mass is 9.70. The number of rotatable bonds is 5. The molecule has 0 radical (unpaired) electrons. The molecule has 3 saturated carbocycles. The number of sulfone groups is 1. The van der Waals surface area contributed by atoms with Gasteiger partial charge in [0.2, 0.25) is 0 Å². The van der Waals surface area contributed by atoms with Crippen molar-refractivity contribution in [3.63, 3.8) is 0 Å². The van der Waals surface area contributed by atoms with E-state index in [9.17, 15) is 13.2 Å². The third-order valence-corrected chi connectivity index (χ3v) is 8.43. The maximum Gasteiger partial charge on any atom is 0.342 e. The van der Waals surface area contributed by atoms with E-state index in [2.05, 4.69) is 15.9 Å². The van der Waals surface area contributed by atoms with Crippen molar-refractivity contribution in [2.24, 2.45) is 11.8 Å². The number of methoxy groups -OCH3 is 2. The molecule has 3 aliphatic rings. The monoisotopic (exact) mass is 460 g/mol. The second kappa shape index (κ2) is 9.41. The van der Waals surface area contributed by atoms with Gasteiger partial charge in [0.25, 0.3) is 0 Å². The molecule has 3 fully saturated rings. The third-order valence-electron chi connectivity index (χ3n) is 5.59. The van der Waals surface area contributed by atoms with Crippen molar-refractivity contribution in [2.75, 3.05) is 14.2 Å². The zero-order valence-corrected chi connectivity index (χ0v) is 18.9. The van der Waals surface area contributed by atoms with Gasteiger partial charge < -0.3 is 9.47 Å². The molecule has 0 aromatic heterocycles. The zero-order chi connectivity index (χ0) is 20.2. The number of hydrogen-bond donors (Lipinski definition) is 0. The highest BCUT2D eigenvalue weighted by Crippen LogP contribution is 2.45. The van der Waals surface area contributed by atoms with E-state index in [0.717, 1.165) is 32.1 Å². The highest BCUT2D eigenvalue weighted by atomic mass is 79.9. The number of halogens is 1. The van der Waals surface area contributed by atoms with Crippen LogP contribution in [-0.4, -0.2) is 33.9 Å². The maximum atomic E-state index is 13.1. The molecule has 0 N–H and O–H groups in total. The lowest BCUT2D eigenvalue weighted by Gasteiger charge is -2.41. The third kappa shape index (κ3) is 4.67. The molecule has 4 rings (SSSR count). The SMILES string of the molecule is CC.COC(=O)c1c(CS(=O)(=O)C2CC3CCC2CC3)ccc(Br)c1OC. The van der Waals surface area contributed by atoms with E-state index in [1.165, 1.54) is 14.2 Å². The van der Waals surface area contributed by atoms with E-state index in [1.54, 1.807) is 12.1 Å². The first kappa shape index (κ1) is 22.2. The van der Waals surface area contributed by atoms with Crippen LogP contribution < -0.4 is 4.74 Å². The van der Waals surface area contributed by atoms with Crippen LogP contribution >= 0.6 is 15.9 Å². The summed E-state index contributed by atoms with van der Waals surface area (Å²) in [6.45, 7) is 4.00. The molecule has 1 aromatic carbocycles. The Morgan fingerprint density at radius 2 is 1.78 bits per heavy atom. The Bertz CT molecular complexity index is 767. The summed E-state index contributed by atoms with van der Waals surface area (Å²) < 4.78 is 36.9. The van der Waals surface area contributed by atoms with Crippen LogP contribution in [0.15, 0.2) is 16.6 Å². The molecule has 3 aliphatic carbocycles. The molecule has 5 nitrogen and oxygen atoms in total. The molecular formula is C20H29BrO5S. The van der Waals surface area contributed by atoms with E-state index in [-0.39, 0.29) is 22.5 Å². The molecule has 0 aliphatic heterocycles. The number of carbonyl (C=O) groups excluding carboxylic acids is 1. The fourth-order valence-corrected chi connectivity index (χ4v) is 7.13. The summed E-state index contributed by atoms with van der Waals surface area (Å²) in [5.74, 6) is 0.353. The average Bonchev–Trinajstić information content (AvgIpc) is 2.70. The van der Waals surface area contributed by atoms with Gasteiger partial charge in [-0.15, -0.1) is 0 Å². The fraction of sp³-hybridized carbons (Fsp3) is 0.650. The van der Waals surface area contributed by atoms with Gasteiger partial charge in [-0.3, -0.25) is 0 Å². The summed E-state index contributed by atoms with van der Waals surface area (Å²) in [6.07, 6.45) is 5.06. The van der Waals surface area contributed by atoms with Gasteiger partial charge in [-0.25, -0.2) is 13.2 Å². The summed E-state index contributed by atoms with van der Waals surface area (Å²) in [5.41, 5.74) is 0.622. The second-order valence-corrected chi connectivity index (χ2v) is 10.0. The lowest BCUT2D eigenvalue weighted by molar-refractivity contribution is 0.0596. The second-order valence-electron chi connectivity index (χ2n) is 6.97. The molecule has 7 heteroatoms. The normalized spacial score (nSPS) is 24.0. The van der Waals surface area contributed by atoms with Crippen LogP contribution in [0.25, 0.3) is 0 Å². The summed E-state index contributed by atoms with van der Waals surface area (Å²) in [4.78, 5) is 12.2. The Labute approximate surface area is 170 Å². The van der Waals surface area contributed by atoms with Crippen molar-refractivity contribution in [3.05, 3.63) is 27.7 Å². The van der Waals surface area contributed by atoms with Crippen molar-refractivity contribution in [1.29, 1.82) is 0 Å². The first-order chi connectivity index (χ1) is 12.9. The molecule has 0 amide bonds. The van der Waals surface area contributed by atoms with Crippen molar-refractivity contribution in [3.8, 4) is 5.75 Å². The molecule has 0 saturated heterocycles. The predicted octanol–water partition coefficient (Wildman–Crippen LogP) is 4.76. The topological polar surface area (TPSA) is 69.7 Å². The minimum absolute atomic E-state index is 0.158. The fourth-order valence-electron chi connectivity index (χ4n) is 4.32. The van der Waals surface area contributed by atoms with Gasteiger partial charge in [-0.05, 0) is 58.7 Å². The van der Waals surface area contributed by atoms with E-state index >= 15 is 0 Å². The van der Waals surface area contributed by atoms with Gasteiger partial charge in [-0.2, -0.15) is 0 Å². The smallest absolute Gasteiger partial charge is 0.342 e. The number of esters is 1. The van der Waals surface area contributed by atoms with Gasteiger partial charge >= 0.3 is 5.97 Å². The summed E-state index contributed by atoms with van der Waals surface area (Å²) in [5, 5.41) is -0.292. The van der Waals surface area contributed by atoms with Gasteiger partial charge in [0, 0.05) is 0 Å². The number of benzene rings is 1. The van der Waals surface area contributed by atoms with E-state index in [1.807, 2.05) is 13.8 Å². The van der Waals surface area contributed by atoms with Crippen molar-refractivity contribution >= 4 is 31.7 Å². The molecule has 2 bridgehead atoms. The van der Waals surface area contributed by atoms with Crippen molar-refractivity contribution in [2.45, 2.75) is 57.0 Å². The van der Waals surface area contributed by atoms with Crippen molar-refractivity contribution < 1.29 is 22.7 Å². The molecule has 0 heterocycles. The van der Waals surface area contributed by atoms with Crippen molar-refractivity contribution in [1.82, 2.24) is 0 Å². The molecule has 152 valence electrons. The Hall–Kier alpha value is -1.08. The largest absolute Gasteiger partial charge is 0.495 e. The zero-order valence-electron chi connectivity index (χ0n) is 16.5. The van der Waals surface area contributed by atoms with E-state index < -0.39 is 15.8 Å². The van der Waals surface area contributed by atoms with Crippen LogP contribution in [0.1, 0.15) is 61.9 Å². The van der Waals surface area contributed by atoms with Crippen LogP contribution in [0.5, 0.6) is 5.75 Å². The molecule has 1 atom stereocenters. The molecule has 1 aromatic rings. The summed E-state index contributed by atoms with van der Waals surface area (Å²) in [7, 11) is -0.620. The van der Waals surface area contributed by atoms with Gasteiger partial charge in [0.1, 0.15) is 11.3 Å². The molecule has 27 heavy (non-hydrogen) atoms. The van der Waals surface area contributed by atoms with Crippen LogP contribution in [0.4, 0.5) is 0 Å². The highest BCUT2D eigenvalue weighted by Gasteiger charge is 2.42. The standard InChI is InChI=1S/C18H23BrO5S.C2H6/c1-23-17-14(19)8-7-13(16(17)18(20)24-2)10-25(21,22)15-9-11-3-5-12(15)6-4-11;1-2/h7-8,11-12,15H,3-6,9-10H2,1-2H3;1-2H3. The molecule has 1 unspecified atom stereocenters. The molecule has 0 spiro atoms. The Kier molecular flexibility index (Phi) is 7.74. The van der Waals surface area contributed by atoms with Crippen LogP contribution in [0, 0.1) is 11.8 Å². The number of carbonyl (C=O) groups is 1. The Balaban J connectivity index is 0.00000126. The molecular weight excluding hydrogens is 432 g/mol. The first-order valence-electron chi connectivity index (χ1n) is 9.52. The number of hydrogen-bond acceptors (Lipinski definition) is 5. The maximum absolute atomic E-state index is 13.1. The number of fused-ring (bicyclic) bond motifs is 3. The Morgan fingerprint density at radius 3 is 2.26 bits per heavy atom. The van der Waals surface area contributed by atoms with Crippen LogP contribution in [-0.2, 0) is 20.3 Å². The highest BCUT2D eigenvalue weighted by molar-refractivity contribution is 9.10. The van der Waals surface area contributed by atoms with Gasteiger partial charge in [0.15, 0.2) is 9.84 Å². The summed E-state index contributed by atoms with van der Waals surface area (Å²) in [6, 6.07) is 3.38. The lowest BCUT2D eigenvalue weighted by Crippen LogP contribution is -2.41. The Morgan fingerprint density at radius 1 is 1.15 bits per heavy atom. The minimum Gasteiger partial charge on any atom is -0.495 e. The van der Waals surface area contributed by atoms with Gasteiger partial charge in [0.05, 0.1) is 29.7 Å². The number of ether oxygens (including phenoxy) is 2. The predicted molar refractivity (Wildman–Crippen MR) is 110 cm³/mol. The average molecular weight is 461 g/mol. The minimum atomic E-state index is -3.35. The first-order valence-corrected chi connectivity index (χ1v) is 12.0. The van der Waals surface area contributed by atoms with Gasteiger partial charge in [-0.1, -0.05) is 32.8 Å². The summed E-state index contributed by atoms with van der Waals surface area (Å²) >= 11 is 3.34.